The maximum absolute atomic E-state index is 14.1. The van der Waals surface area contributed by atoms with E-state index in [1.54, 1.807) is 13.0 Å². The van der Waals surface area contributed by atoms with E-state index in [1.165, 1.54) is 16.4 Å². The van der Waals surface area contributed by atoms with Crippen LogP contribution in [-0.4, -0.2) is 63.1 Å². The fourth-order valence-corrected chi connectivity index (χ4v) is 4.70. The van der Waals surface area contributed by atoms with E-state index in [2.05, 4.69) is 4.90 Å². The van der Waals surface area contributed by atoms with Gasteiger partial charge in [-0.1, -0.05) is 6.07 Å². The van der Waals surface area contributed by atoms with Gasteiger partial charge in [0.05, 0.1) is 12.7 Å². The van der Waals surface area contributed by atoms with Gasteiger partial charge in [0.15, 0.2) is 0 Å². The molecular weight excluding hydrogens is 307 g/mol. The number of piperidine rings is 1. The fraction of sp³-hybridized carbons (Fsp3) is 0.600. The van der Waals surface area contributed by atoms with Gasteiger partial charge in [-0.15, -0.1) is 0 Å². The third-order valence-electron chi connectivity index (χ3n) is 4.53. The molecule has 0 amide bonds. The summed E-state index contributed by atoms with van der Waals surface area (Å²) < 4.78 is 46.6. The molecule has 0 unspecified atom stereocenters. The number of nitrogens with zero attached hydrogens (tertiary/aromatic N) is 2. The van der Waals surface area contributed by atoms with E-state index in [4.69, 9.17) is 4.74 Å². The normalized spacial score (nSPS) is 27.6. The Balaban J connectivity index is 1.86. The Bertz CT molecular complexity index is 665. The second-order valence-electron chi connectivity index (χ2n) is 6.04. The zero-order valence-corrected chi connectivity index (χ0v) is 13.6. The smallest absolute Gasteiger partial charge is 0.246 e. The number of fused-ring (bicyclic) bond motifs is 1. The maximum atomic E-state index is 14.1. The summed E-state index contributed by atoms with van der Waals surface area (Å²) in [6, 6.07) is 4.27. The molecule has 2 heterocycles. The van der Waals surface area contributed by atoms with Crippen LogP contribution in [0.1, 0.15) is 12.0 Å². The molecule has 0 bridgehead atoms. The van der Waals surface area contributed by atoms with Crippen LogP contribution < -0.4 is 0 Å². The van der Waals surface area contributed by atoms with Gasteiger partial charge < -0.3 is 4.74 Å². The van der Waals surface area contributed by atoms with Crippen LogP contribution in [0, 0.1) is 12.7 Å². The Kier molecular flexibility index (Phi) is 4.24. The minimum Gasteiger partial charge on any atom is -0.375 e. The SMILES string of the molecule is Cc1ccc(S(=O)(=O)N2CC[C@@H]3OCCN(C)[C@H]3C2)c(F)c1. The van der Waals surface area contributed by atoms with Crippen LogP contribution in [0.5, 0.6) is 0 Å². The number of sulfonamides is 1. The Morgan fingerprint density at radius 1 is 1.32 bits per heavy atom. The van der Waals surface area contributed by atoms with Crippen molar-refractivity contribution in [3.8, 4) is 0 Å². The quantitative estimate of drug-likeness (QED) is 0.819. The van der Waals surface area contributed by atoms with Crippen molar-refractivity contribution in [1.82, 2.24) is 9.21 Å². The van der Waals surface area contributed by atoms with E-state index >= 15 is 0 Å². The van der Waals surface area contributed by atoms with Crippen molar-refractivity contribution in [2.45, 2.75) is 30.4 Å². The third-order valence-corrected chi connectivity index (χ3v) is 6.43. The standard InChI is InChI=1S/C15H21FN2O3S/c1-11-3-4-15(12(16)9-11)22(19,20)18-6-5-14-13(10-18)17(2)7-8-21-14/h3-4,9,13-14H,5-8,10H2,1-2H3/t13-,14-/m0/s1. The van der Waals surface area contributed by atoms with Crippen LogP contribution in [0.3, 0.4) is 0 Å². The highest BCUT2D eigenvalue weighted by molar-refractivity contribution is 7.89. The molecule has 3 rings (SSSR count). The molecule has 2 atom stereocenters. The Labute approximate surface area is 130 Å². The summed E-state index contributed by atoms with van der Waals surface area (Å²) in [6.07, 6.45) is 0.704. The van der Waals surface area contributed by atoms with Crippen molar-refractivity contribution >= 4 is 10.0 Å². The van der Waals surface area contributed by atoms with Crippen molar-refractivity contribution in [3.05, 3.63) is 29.6 Å². The van der Waals surface area contributed by atoms with Gasteiger partial charge in [-0.2, -0.15) is 4.31 Å². The van der Waals surface area contributed by atoms with E-state index < -0.39 is 15.8 Å². The zero-order chi connectivity index (χ0) is 15.9. The van der Waals surface area contributed by atoms with Crippen molar-refractivity contribution < 1.29 is 17.5 Å². The Morgan fingerprint density at radius 2 is 2.09 bits per heavy atom. The molecule has 1 aromatic rings. The third kappa shape index (κ3) is 2.78. The van der Waals surface area contributed by atoms with E-state index in [0.29, 0.717) is 31.7 Å². The van der Waals surface area contributed by atoms with Gasteiger partial charge in [-0.3, -0.25) is 4.90 Å². The van der Waals surface area contributed by atoms with Crippen molar-refractivity contribution in [1.29, 1.82) is 0 Å². The molecule has 0 aliphatic carbocycles. The van der Waals surface area contributed by atoms with Crippen LogP contribution in [-0.2, 0) is 14.8 Å². The van der Waals surface area contributed by atoms with Crippen LogP contribution >= 0.6 is 0 Å². The highest BCUT2D eigenvalue weighted by Gasteiger charge is 2.40. The number of halogens is 1. The molecule has 0 aromatic heterocycles. The minimum atomic E-state index is -3.81. The van der Waals surface area contributed by atoms with Gasteiger partial charge in [0, 0.05) is 25.7 Å². The van der Waals surface area contributed by atoms with Gasteiger partial charge in [0.2, 0.25) is 10.0 Å². The summed E-state index contributed by atoms with van der Waals surface area (Å²) in [4.78, 5) is 1.89. The molecule has 2 aliphatic rings. The molecule has 0 N–H and O–H groups in total. The predicted molar refractivity (Wildman–Crippen MR) is 80.7 cm³/mol. The number of morpholine rings is 1. The largest absolute Gasteiger partial charge is 0.375 e. The van der Waals surface area contributed by atoms with Gasteiger partial charge >= 0.3 is 0 Å². The highest BCUT2D eigenvalue weighted by Crippen LogP contribution is 2.27. The summed E-state index contributed by atoms with van der Waals surface area (Å²) in [6.45, 7) is 3.91. The lowest BCUT2D eigenvalue weighted by atomic mass is 10.0. The lowest BCUT2D eigenvalue weighted by molar-refractivity contribution is -0.0840. The summed E-state index contributed by atoms with van der Waals surface area (Å²) in [7, 11) is -1.83. The first-order chi connectivity index (χ1) is 10.4. The van der Waals surface area contributed by atoms with Crippen LogP contribution in [0.2, 0.25) is 0 Å². The van der Waals surface area contributed by atoms with Crippen molar-refractivity contribution in [2.75, 3.05) is 33.3 Å². The predicted octanol–water partition coefficient (Wildman–Crippen LogP) is 1.23. The zero-order valence-electron chi connectivity index (χ0n) is 12.8. The lowest BCUT2D eigenvalue weighted by Gasteiger charge is -2.45. The second kappa shape index (κ2) is 5.88. The summed E-state index contributed by atoms with van der Waals surface area (Å²) >= 11 is 0. The summed E-state index contributed by atoms with van der Waals surface area (Å²) in [5.41, 5.74) is 0.704. The molecule has 122 valence electrons. The minimum absolute atomic E-state index is 0.0331. The topological polar surface area (TPSA) is 49.9 Å². The molecular formula is C15H21FN2O3S. The van der Waals surface area contributed by atoms with E-state index in [-0.39, 0.29) is 17.0 Å². The average molecular weight is 328 g/mol. The van der Waals surface area contributed by atoms with Crippen molar-refractivity contribution in [2.24, 2.45) is 0 Å². The fourth-order valence-electron chi connectivity index (χ4n) is 3.19. The first-order valence-electron chi connectivity index (χ1n) is 7.48. The lowest BCUT2D eigenvalue weighted by Crippen LogP contribution is -2.59. The number of rotatable bonds is 2. The number of hydrogen-bond donors (Lipinski definition) is 0. The molecule has 22 heavy (non-hydrogen) atoms. The molecule has 0 spiro atoms. The highest BCUT2D eigenvalue weighted by atomic mass is 32.2. The number of hydrogen-bond acceptors (Lipinski definition) is 4. The van der Waals surface area contributed by atoms with E-state index in [1.807, 2.05) is 7.05 Å². The van der Waals surface area contributed by atoms with Gasteiger partial charge in [-0.25, -0.2) is 12.8 Å². The molecule has 0 radical (unpaired) electrons. The molecule has 5 nitrogen and oxygen atoms in total. The summed E-state index contributed by atoms with van der Waals surface area (Å²) in [5, 5.41) is 0. The molecule has 7 heteroatoms. The van der Waals surface area contributed by atoms with E-state index in [9.17, 15) is 12.8 Å². The Hall–Kier alpha value is -1.02. The second-order valence-corrected chi connectivity index (χ2v) is 7.95. The van der Waals surface area contributed by atoms with Crippen LogP contribution in [0.25, 0.3) is 0 Å². The first-order valence-corrected chi connectivity index (χ1v) is 8.92. The molecule has 2 saturated heterocycles. The molecule has 0 saturated carbocycles. The first kappa shape index (κ1) is 15.9. The molecule has 2 fully saturated rings. The van der Waals surface area contributed by atoms with Gasteiger partial charge in [0.1, 0.15) is 10.7 Å². The number of ether oxygens (including phenoxy) is 1. The van der Waals surface area contributed by atoms with Gasteiger partial charge in [-0.05, 0) is 38.1 Å². The monoisotopic (exact) mass is 328 g/mol. The number of benzene rings is 1. The number of likely N-dealkylation sites (N-methyl/N-ethyl adjacent to an activating group) is 1. The number of aryl methyl sites for hydroxylation is 1. The van der Waals surface area contributed by atoms with Crippen LogP contribution in [0.15, 0.2) is 23.1 Å². The van der Waals surface area contributed by atoms with Gasteiger partial charge in [0.25, 0.3) is 0 Å². The molecule has 1 aromatic carbocycles. The Morgan fingerprint density at radius 3 is 2.82 bits per heavy atom. The van der Waals surface area contributed by atoms with Crippen molar-refractivity contribution in [3.63, 3.8) is 0 Å². The van der Waals surface area contributed by atoms with E-state index in [0.717, 1.165) is 6.54 Å². The maximum Gasteiger partial charge on any atom is 0.246 e. The average Bonchev–Trinajstić information content (AvgIpc) is 2.47. The summed E-state index contributed by atoms with van der Waals surface area (Å²) in [5.74, 6) is -0.685. The van der Waals surface area contributed by atoms with Crippen LogP contribution in [0.4, 0.5) is 4.39 Å². The molecule has 2 aliphatic heterocycles.